The van der Waals surface area contributed by atoms with E-state index in [1.54, 1.807) is 48.5 Å². The summed E-state index contributed by atoms with van der Waals surface area (Å²) in [6.07, 6.45) is 1.25. The Morgan fingerprint density at radius 2 is 1.70 bits per heavy atom. The average molecular weight is 643 g/mol. The molecule has 1 atom stereocenters. The highest BCUT2D eigenvalue weighted by atomic mass is 32.2. The fourth-order valence-electron chi connectivity index (χ4n) is 4.67. The molecule has 0 fully saturated rings. The lowest BCUT2D eigenvalue weighted by atomic mass is 10.0. The quantitative estimate of drug-likeness (QED) is 0.176. The van der Waals surface area contributed by atoms with E-state index in [4.69, 9.17) is 19.0 Å². The maximum atomic E-state index is 13.6. The minimum atomic E-state index is -4.20. The number of carbonyl (C=O) groups excluding carboxylic acids is 2. The van der Waals surface area contributed by atoms with Gasteiger partial charge in [0.15, 0.2) is 11.5 Å². The molecule has 2 N–H and O–H groups in total. The molecule has 0 bridgehead atoms. The first-order valence-corrected chi connectivity index (χ1v) is 16.2. The van der Waals surface area contributed by atoms with Crippen molar-refractivity contribution in [2.75, 3.05) is 6.79 Å². The van der Waals surface area contributed by atoms with E-state index in [1.165, 1.54) is 6.08 Å². The van der Waals surface area contributed by atoms with Crippen molar-refractivity contribution in [3.8, 4) is 17.2 Å². The van der Waals surface area contributed by atoms with E-state index < -0.39 is 27.9 Å². The highest BCUT2D eigenvalue weighted by Crippen LogP contribution is 2.36. The summed E-state index contributed by atoms with van der Waals surface area (Å²) >= 11 is 0. The third-order valence-electron chi connectivity index (χ3n) is 7.03. The van der Waals surface area contributed by atoms with Crippen LogP contribution in [-0.2, 0) is 32.7 Å². The van der Waals surface area contributed by atoms with E-state index in [9.17, 15) is 18.0 Å². The molecule has 4 aromatic carbocycles. The normalized spacial score (nSPS) is 12.9. The van der Waals surface area contributed by atoms with Crippen molar-refractivity contribution in [1.82, 2.24) is 10.2 Å². The van der Waals surface area contributed by atoms with Crippen molar-refractivity contribution in [3.63, 3.8) is 0 Å². The molecule has 46 heavy (non-hydrogen) atoms. The number of ether oxygens (including phenoxy) is 3. The molecule has 0 saturated carbocycles. The third-order valence-corrected chi connectivity index (χ3v) is 8.01. The Labute approximate surface area is 268 Å². The molecule has 0 aromatic heterocycles. The average Bonchev–Trinajstić information content (AvgIpc) is 3.52. The highest BCUT2D eigenvalue weighted by molar-refractivity contribution is 7.93. The maximum absolute atomic E-state index is 13.6. The van der Waals surface area contributed by atoms with Gasteiger partial charge in [-0.1, -0.05) is 79.6 Å². The van der Waals surface area contributed by atoms with Gasteiger partial charge in [-0.05, 0) is 66.4 Å². The van der Waals surface area contributed by atoms with Gasteiger partial charge in [-0.2, -0.15) is 0 Å². The van der Waals surface area contributed by atoms with Crippen LogP contribution in [0.1, 0.15) is 57.6 Å². The minimum absolute atomic E-state index is 0.0218. The molecule has 5 rings (SSSR count). The Balaban J connectivity index is 1.37. The second kappa shape index (κ2) is 14.8. The number of hydroxylamine groups is 1. The number of sulfonamides is 1. The van der Waals surface area contributed by atoms with Crippen molar-refractivity contribution >= 4 is 27.9 Å². The standard InChI is InChI=1S/C35H34N2O8S/c1-3-7-27-20-29(34(38)36-44-22-26-8-5-4-6-9-26)15-16-30(27)45-33(28-14-17-31-32(21-28)43-23-42-31)35(39)37-46(40,41)19-18-25-12-10-24(2)11-13-25/h4-6,8-21,33H,3,7,22-23H2,1-2H3,(H,36,38)(H,37,39)/b19-18+. The van der Waals surface area contributed by atoms with Crippen molar-refractivity contribution in [1.29, 1.82) is 0 Å². The first-order valence-electron chi connectivity index (χ1n) is 14.7. The summed E-state index contributed by atoms with van der Waals surface area (Å²) in [5.41, 5.74) is 6.37. The highest BCUT2D eigenvalue weighted by Gasteiger charge is 2.29. The Kier molecular flexibility index (Phi) is 10.4. The largest absolute Gasteiger partial charge is 0.475 e. The molecule has 1 aliphatic rings. The molecule has 238 valence electrons. The Hall–Kier alpha value is -5.13. The molecule has 4 aromatic rings. The van der Waals surface area contributed by atoms with E-state index in [2.05, 4.69) is 10.2 Å². The number of benzene rings is 4. The van der Waals surface area contributed by atoms with Gasteiger partial charge in [0.25, 0.3) is 21.8 Å². The molecule has 1 aliphatic heterocycles. The molecule has 0 saturated heterocycles. The minimum Gasteiger partial charge on any atom is -0.475 e. The fraction of sp³-hybridized carbons (Fsp3) is 0.200. The van der Waals surface area contributed by atoms with Crippen LogP contribution in [0, 0.1) is 6.92 Å². The van der Waals surface area contributed by atoms with Gasteiger partial charge < -0.3 is 14.2 Å². The van der Waals surface area contributed by atoms with E-state index in [0.717, 1.165) is 16.5 Å². The summed E-state index contributed by atoms with van der Waals surface area (Å²) in [4.78, 5) is 31.8. The predicted octanol–water partition coefficient (Wildman–Crippen LogP) is 5.77. The SMILES string of the molecule is CCCc1cc(C(=O)NOCc2ccccc2)ccc1OC(C(=O)NS(=O)(=O)/C=C/c1ccc(C)cc1)c1ccc2c(c1)OCO2. The van der Waals surface area contributed by atoms with Crippen LogP contribution in [0.4, 0.5) is 0 Å². The number of nitrogens with one attached hydrogen (secondary N) is 2. The van der Waals surface area contributed by atoms with Crippen LogP contribution in [0.15, 0.2) is 96.4 Å². The van der Waals surface area contributed by atoms with Crippen LogP contribution < -0.4 is 24.4 Å². The topological polar surface area (TPSA) is 129 Å². The first kappa shape index (κ1) is 32.3. The van der Waals surface area contributed by atoms with Gasteiger partial charge in [-0.15, -0.1) is 0 Å². The van der Waals surface area contributed by atoms with Gasteiger partial charge in [0, 0.05) is 11.1 Å². The van der Waals surface area contributed by atoms with Crippen molar-refractivity contribution in [2.45, 2.75) is 39.4 Å². The Morgan fingerprint density at radius 1 is 0.935 bits per heavy atom. The van der Waals surface area contributed by atoms with Crippen molar-refractivity contribution in [2.24, 2.45) is 0 Å². The van der Waals surface area contributed by atoms with Crippen LogP contribution in [-0.4, -0.2) is 27.0 Å². The summed E-state index contributed by atoms with van der Waals surface area (Å²) in [5, 5.41) is 0.933. The van der Waals surface area contributed by atoms with E-state index >= 15 is 0 Å². The molecule has 1 unspecified atom stereocenters. The molecule has 0 radical (unpaired) electrons. The molecule has 2 amide bonds. The lowest BCUT2D eigenvalue weighted by molar-refractivity contribution is -0.126. The zero-order valence-corrected chi connectivity index (χ0v) is 26.2. The van der Waals surface area contributed by atoms with Crippen LogP contribution >= 0.6 is 0 Å². The lowest BCUT2D eigenvalue weighted by Gasteiger charge is -2.21. The number of fused-ring (bicyclic) bond motifs is 1. The molecule has 10 nitrogen and oxygen atoms in total. The fourth-order valence-corrected chi connectivity index (χ4v) is 5.46. The number of hydrogen-bond acceptors (Lipinski definition) is 8. The Bertz CT molecular complexity index is 1820. The van der Waals surface area contributed by atoms with Crippen LogP contribution in [0.5, 0.6) is 17.2 Å². The predicted molar refractivity (Wildman–Crippen MR) is 172 cm³/mol. The molecule has 0 aliphatic carbocycles. The van der Waals surface area contributed by atoms with Gasteiger partial charge in [0.1, 0.15) is 5.75 Å². The lowest BCUT2D eigenvalue weighted by Crippen LogP contribution is -2.36. The molecule has 1 heterocycles. The van der Waals surface area contributed by atoms with Crippen molar-refractivity contribution < 1.29 is 37.1 Å². The molecular formula is C35H34N2O8S. The van der Waals surface area contributed by atoms with Crippen LogP contribution in [0.25, 0.3) is 6.08 Å². The van der Waals surface area contributed by atoms with Crippen molar-refractivity contribution in [3.05, 3.63) is 130 Å². The van der Waals surface area contributed by atoms with Crippen LogP contribution in [0.2, 0.25) is 0 Å². The first-order chi connectivity index (χ1) is 22.2. The maximum Gasteiger partial charge on any atom is 0.279 e. The van der Waals surface area contributed by atoms with E-state index in [0.29, 0.717) is 52.3 Å². The summed E-state index contributed by atoms with van der Waals surface area (Å²) < 4.78 is 45.1. The number of aryl methyl sites for hydroxylation is 2. The number of amides is 2. The zero-order valence-electron chi connectivity index (χ0n) is 25.4. The molecular weight excluding hydrogens is 608 g/mol. The third kappa shape index (κ3) is 8.52. The summed E-state index contributed by atoms with van der Waals surface area (Å²) in [6, 6.07) is 26.3. The van der Waals surface area contributed by atoms with Gasteiger partial charge in [0.05, 0.1) is 12.0 Å². The summed E-state index contributed by atoms with van der Waals surface area (Å²) in [6.45, 7) is 4.12. The zero-order chi connectivity index (χ0) is 32.5. The number of rotatable bonds is 13. The van der Waals surface area contributed by atoms with Gasteiger partial charge in [0.2, 0.25) is 12.9 Å². The molecule has 0 spiro atoms. The van der Waals surface area contributed by atoms with Crippen LogP contribution in [0.3, 0.4) is 0 Å². The second-order valence-electron chi connectivity index (χ2n) is 10.6. The van der Waals surface area contributed by atoms with E-state index in [1.807, 2.05) is 56.3 Å². The summed E-state index contributed by atoms with van der Waals surface area (Å²) in [5.74, 6) is -0.151. The second-order valence-corrected chi connectivity index (χ2v) is 12.2. The van der Waals surface area contributed by atoms with E-state index in [-0.39, 0.29) is 13.4 Å². The smallest absolute Gasteiger partial charge is 0.279 e. The van der Waals surface area contributed by atoms with Gasteiger partial charge >= 0.3 is 0 Å². The van der Waals surface area contributed by atoms with Gasteiger partial charge in [-0.3, -0.25) is 14.4 Å². The monoisotopic (exact) mass is 642 g/mol. The molecule has 11 heteroatoms. The Morgan fingerprint density at radius 3 is 2.46 bits per heavy atom. The number of carbonyl (C=O) groups is 2. The van der Waals surface area contributed by atoms with Gasteiger partial charge in [-0.25, -0.2) is 18.6 Å². The summed E-state index contributed by atoms with van der Waals surface area (Å²) in [7, 11) is -4.20. The number of hydrogen-bond donors (Lipinski definition) is 2.